The number of alkyl halides is 6. The minimum Gasteiger partial charge on any atom is -0.306 e. The van der Waals surface area contributed by atoms with Gasteiger partial charge in [0.1, 0.15) is 0 Å². The van der Waals surface area contributed by atoms with Crippen LogP contribution in [0.25, 0.3) is 0 Å². The average Bonchev–Trinajstić information content (AvgIpc) is 2.14. The zero-order chi connectivity index (χ0) is 13.5. The monoisotopic (exact) mass is 321 g/mol. The van der Waals surface area contributed by atoms with Crippen LogP contribution in [0.2, 0.25) is 0 Å². The first-order chi connectivity index (χ1) is 7.50. The van der Waals surface area contributed by atoms with Crippen molar-refractivity contribution in [3.05, 3.63) is 34.3 Å². The third-order valence-electron chi connectivity index (χ3n) is 2.19. The zero-order valence-electron chi connectivity index (χ0n) is 8.03. The van der Waals surface area contributed by atoms with Crippen molar-refractivity contribution in [2.75, 3.05) is 0 Å². The Hall–Kier alpha value is -0.760. The van der Waals surface area contributed by atoms with Crippen LogP contribution in [0.3, 0.4) is 0 Å². The molecule has 0 aromatic heterocycles. The molecule has 96 valence electrons. The molecule has 8 heteroatoms. The molecule has 0 aliphatic rings. The van der Waals surface area contributed by atoms with E-state index in [1.54, 1.807) is 0 Å². The van der Waals surface area contributed by atoms with Crippen molar-refractivity contribution in [3.63, 3.8) is 0 Å². The van der Waals surface area contributed by atoms with E-state index in [1.807, 2.05) is 0 Å². The van der Waals surface area contributed by atoms with Crippen LogP contribution >= 0.6 is 15.9 Å². The molecule has 1 aromatic rings. The number of nitrogens with two attached hydrogens (primary N) is 1. The average molecular weight is 322 g/mol. The first-order valence-electron chi connectivity index (χ1n) is 4.18. The maximum Gasteiger partial charge on any atom is 0.419 e. The summed E-state index contributed by atoms with van der Waals surface area (Å²) in [6.07, 6.45) is -11.3. The van der Waals surface area contributed by atoms with E-state index in [2.05, 4.69) is 21.7 Å². The quantitative estimate of drug-likeness (QED) is 0.784. The fraction of sp³-hybridized carbons (Fsp3) is 0.333. The van der Waals surface area contributed by atoms with Gasteiger partial charge >= 0.3 is 12.4 Å². The summed E-state index contributed by atoms with van der Waals surface area (Å²) in [5.41, 5.74) is -0.857. The van der Waals surface area contributed by atoms with Crippen LogP contribution in [0.1, 0.15) is 5.56 Å². The van der Waals surface area contributed by atoms with Gasteiger partial charge in [-0.2, -0.15) is 26.3 Å². The lowest BCUT2D eigenvalue weighted by molar-refractivity contribution is -0.301. The molecule has 1 aromatic carbocycles. The van der Waals surface area contributed by atoms with Crippen LogP contribution in [0, 0.1) is 0 Å². The van der Waals surface area contributed by atoms with E-state index in [-0.39, 0.29) is 0 Å². The van der Waals surface area contributed by atoms with Gasteiger partial charge in [-0.1, -0.05) is 28.1 Å². The van der Waals surface area contributed by atoms with Gasteiger partial charge in [-0.3, -0.25) is 0 Å². The lowest BCUT2D eigenvalue weighted by Gasteiger charge is -2.33. The van der Waals surface area contributed by atoms with E-state index in [1.165, 1.54) is 0 Å². The normalized spacial score (nSPS) is 13.9. The van der Waals surface area contributed by atoms with Crippen molar-refractivity contribution in [1.29, 1.82) is 0 Å². The van der Waals surface area contributed by atoms with Gasteiger partial charge in [-0.25, -0.2) is 0 Å². The molecule has 0 unspecified atom stereocenters. The van der Waals surface area contributed by atoms with Crippen LogP contribution < -0.4 is 5.73 Å². The summed E-state index contributed by atoms with van der Waals surface area (Å²) in [7, 11) is 0. The largest absolute Gasteiger partial charge is 0.419 e. The van der Waals surface area contributed by atoms with Crippen LogP contribution in [0.5, 0.6) is 0 Å². The summed E-state index contributed by atoms with van der Waals surface area (Å²) in [6.45, 7) is 0. The Kier molecular flexibility index (Phi) is 3.50. The molecule has 1 nitrogen and oxygen atoms in total. The summed E-state index contributed by atoms with van der Waals surface area (Å²) in [4.78, 5) is 0. The summed E-state index contributed by atoms with van der Waals surface area (Å²) in [6, 6.07) is 3.50. The highest BCUT2D eigenvalue weighted by atomic mass is 79.9. The summed E-state index contributed by atoms with van der Waals surface area (Å²) in [5.74, 6) is 0. The lowest BCUT2D eigenvalue weighted by atomic mass is 9.89. The molecule has 1 rings (SSSR count). The Morgan fingerprint density at radius 2 is 1.18 bits per heavy atom. The topological polar surface area (TPSA) is 26.0 Å². The van der Waals surface area contributed by atoms with Gasteiger partial charge in [0.2, 0.25) is 5.54 Å². The second kappa shape index (κ2) is 4.16. The van der Waals surface area contributed by atoms with Crippen molar-refractivity contribution in [1.82, 2.24) is 0 Å². The minimum absolute atomic E-state index is 0.355. The van der Waals surface area contributed by atoms with Crippen LogP contribution in [0.15, 0.2) is 28.7 Å². The van der Waals surface area contributed by atoms with Crippen LogP contribution in [-0.2, 0) is 5.54 Å². The lowest BCUT2D eigenvalue weighted by Crippen LogP contribution is -2.60. The standard InChI is InChI=1S/C9H6BrF6N/c10-6-3-1-5(2-4-6)7(17,8(11,12)13)9(14,15)16/h1-4H,17H2. The Morgan fingerprint density at radius 1 is 0.824 bits per heavy atom. The second-order valence-electron chi connectivity index (χ2n) is 3.31. The summed E-state index contributed by atoms with van der Waals surface area (Å²) in [5, 5.41) is 0. The molecular weight excluding hydrogens is 316 g/mol. The molecule has 0 bridgehead atoms. The highest BCUT2D eigenvalue weighted by molar-refractivity contribution is 9.10. The molecule has 0 atom stereocenters. The first kappa shape index (κ1) is 14.3. The molecule has 0 aliphatic carbocycles. The summed E-state index contributed by atoms with van der Waals surface area (Å²) >= 11 is 2.91. The number of rotatable bonds is 1. The Labute approximate surface area is 101 Å². The number of benzene rings is 1. The van der Waals surface area contributed by atoms with Gasteiger partial charge in [0.25, 0.3) is 0 Å². The fourth-order valence-electron chi connectivity index (χ4n) is 1.20. The third-order valence-corrected chi connectivity index (χ3v) is 2.72. The first-order valence-corrected chi connectivity index (χ1v) is 4.98. The van der Waals surface area contributed by atoms with Gasteiger partial charge < -0.3 is 5.73 Å². The molecule has 0 aliphatic heterocycles. The number of halogens is 7. The zero-order valence-corrected chi connectivity index (χ0v) is 9.62. The van der Waals surface area contributed by atoms with Gasteiger partial charge in [-0.15, -0.1) is 0 Å². The SMILES string of the molecule is NC(c1ccc(Br)cc1)(C(F)(F)F)C(F)(F)F. The van der Waals surface area contributed by atoms with Gasteiger partial charge in [-0.05, 0) is 17.7 Å². The number of hydrogen-bond acceptors (Lipinski definition) is 1. The molecular formula is C9H6BrF6N. The van der Waals surface area contributed by atoms with Gasteiger partial charge in [0, 0.05) is 4.47 Å². The maximum atomic E-state index is 12.5. The number of hydrogen-bond donors (Lipinski definition) is 1. The molecule has 0 fully saturated rings. The second-order valence-corrected chi connectivity index (χ2v) is 4.23. The van der Waals surface area contributed by atoms with Crippen LogP contribution in [-0.4, -0.2) is 12.4 Å². The Balaban J connectivity index is 3.41. The predicted octanol–water partition coefficient (Wildman–Crippen LogP) is 3.73. The van der Waals surface area contributed by atoms with Gasteiger partial charge in [0.15, 0.2) is 0 Å². The molecule has 0 amide bonds. The molecule has 0 radical (unpaired) electrons. The van der Waals surface area contributed by atoms with E-state index in [4.69, 9.17) is 0 Å². The maximum absolute atomic E-state index is 12.5. The van der Waals surface area contributed by atoms with Crippen molar-refractivity contribution < 1.29 is 26.3 Å². The smallest absolute Gasteiger partial charge is 0.306 e. The molecule has 0 saturated carbocycles. The van der Waals surface area contributed by atoms with E-state index in [0.717, 1.165) is 12.1 Å². The van der Waals surface area contributed by atoms with Crippen molar-refractivity contribution in [2.24, 2.45) is 5.73 Å². The van der Waals surface area contributed by atoms with Crippen molar-refractivity contribution in [3.8, 4) is 0 Å². The molecule has 17 heavy (non-hydrogen) atoms. The van der Waals surface area contributed by atoms with E-state index in [0.29, 0.717) is 16.6 Å². The molecule has 2 N–H and O–H groups in total. The predicted molar refractivity (Wildman–Crippen MR) is 52.1 cm³/mol. The minimum atomic E-state index is -5.63. The molecule has 0 saturated heterocycles. The van der Waals surface area contributed by atoms with E-state index < -0.39 is 23.5 Å². The molecule has 0 spiro atoms. The Bertz CT molecular complexity index is 379. The van der Waals surface area contributed by atoms with E-state index in [9.17, 15) is 26.3 Å². The fourth-order valence-corrected chi connectivity index (χ4v) is 1.47. The molecule has 0 heterocycles. The van der Waals surface area contributed by atoms with Crippen LogP contribution in [0.4, 0.5) is 26.3 Å². The Morgan fingerprint density at radius 3 is 1.47 bits per heavy atom. The summed E-state index contributed by atoms with van der Waals surface area (Å²) < 4.78 is 75.5. The highest BCUT2D eigenvalue weighted by Crippen LogP contribution is 2.48. The van der Waals surface area contributed by atoms with Crippen molar-refractivity contribution >= 4 is 15.9 Å². The third kappa shape index (κ3) is 2.42. The highest BCUT2D eigenvalue weighted by Gasteiger charge is 2.69. The van der Waals surface area contributed by atoms with E-state index >= 15 is 0 Å². The van der Waals surface area contributed by atoms with Gasteiger partial charge in [0.05, 0.1) is 0 Å². The van der Waals surface area contributed by atoms with Crippen molar-refractivity contribution in [2.45, 2.75) is 17.9 Å².